The van der Waals surface area contributed by atoms with E-state index in [2.05, 4.69) is 21.2 Å². The molecule has 0 fully saturated rings. The predicted molar refractivity (Wildman–Crippen MR) is 73.9 cm³/mol. The van der Waals surface area contributed by atoms with E-state index in [-0.39, 0.29) is 12.2 Å². The summed E-state index contributed by atoms with van der Waals surface area (Å²) in [7, 11) is 0. The number of aliphatic hydroxyl groups is 1. The lowest BCUT2D eigenvalue weighted by atomic mass is 10.1. The summed E-state index contributed by atoms with van der Waals surface area (Å²) >= 11 is 3.31. The Hall–Kier alpha value is -1.46. The summed E-state index contributed by atoms with van der Waals surface area (Å²) in [5.74, 6) is -1.86. The van der Waals surface area contributed by atoms with Crippen molar-refractivity contribution in [1.82, 2.24) is 0 Å². The van der Waals surface area contributed by atoms with E-state index >= 15 is 0 Å². The number of hydrogen-bond acceptors (Lipinski definition) is 2. The first-order chi connectivity index (χ1) is 9.08. The molecule has 19 heavy (non-hydrogen) atoms. The molecule has 0 aliphatic carbocycles. The molecular formula is C14H12BrF2NO. The van der Waals surface area contributed by atoms with Gasteiger partial charge in [-0.25, -0.2) is 8.78 Å². The maximum absolute atomic E-state index is 13.4. The summed E-state index contributed by atoms with van der Waals surface area (Å²) in [4.78, 5) is 0. The summed E-state index contributed by atoms with van der Waals surface area (Å²) in [6.07, 6.45) is -0.805. The second-order valence-electron chi connectivity index (χ2n) is 4.05. The van der Waals surface area contributed by atoms with Gasteiger partial charge in [-0.05, 0) is 29.8 Å². The van der Waals surface area contributed by atoms with Gasteiger partial charge >= 0.3 is 0 Å². The maximum atomic E-state index is 13.4. The standard InChI is InChI=1S/C14H12BrF2NO/c15-10-4-1-3-9(7-10)13(19)8-18-12-6-2-5-11(16)14(12)17/h1-7,13,18-19H,8H2. The third kappa shape index (κ3) is 3.52. The molecule has 0 aromatic heterocycles. The highest BCUT2D eigenvalue weighted by atomic mass is 79.9. The van der Waals surface area contributed by atoms with Gasteiger partial charge in [-0.1, -0.05) is 34.1 Å². The Balaban J connectivity index is 2.04. The molecule has 2 N–H and O–H groups in total. The molecule has 0 saturated carbocycles. The lowest BCUT2D eigenvalue weighted by Gasteiger charge is -2.14. The molecule has 0 amide bonds. The molecular weight excluding hydrogens is 316 g/mol. The van der Waals surface area contributed by atoms with E-state index in [1.54, 1.807) is 18.2 Å². The lowest BCUT2D eigenvalue weighted by molar-refractivity contribution is 0.191. The first-order valence-corrected chi connectivity index (χ1v) is 6.48. The monoisotopic (exact) mass is 327 g/mol. The minimum absolute atomic E-state index is 0.0362. The quantitative estimate of drug-likeness (QED) is 0.893. The lowest BCUT2D eigenvalue weighted by Crippen LogP contribution is -2.13. The molecule has 1 atom stereocenters. The molecule has 100 valence electrons. The van der Waals surface area contributed by atoms with Gasteiger partial charge in [0.15, 0.2) is 11.6 Å². The van der Waals surface area contributed by atoms with Crippen molar-refractivity contribution in [2.75, 3.05) is 11.9 Å². The van der Waals surface area contributed by atoms with Gasteiger partial charge in [0.2, 0.25) is 0 Å². The Morgan fingerprint density at radius 1 is 1.16 bits per heavy atom. The van der Waals surface area contributed by atoms with Gasteiger partial charge < -0.3 is 10.4 Å². The topological polar surface area (TPSA) is 32.3 Å². The number of nitrogens with one attached hydrogen (secondary N) is 1. The fourth-order valence-corrected chi connectivity index (χ4v) is 2.10. The van der Waals surface area contributed by atoms with E-state index < -0.39 is 17.7 Å². The zero-order valence-corrected chi connectivity index (χ0v) is 11.5. The van der Waals surface area contributed by atoms with Crippen LogP contribution in [0.3, 0.4) is 0 Å². The number of rotatable bonds is 4. The summed E-state index contributed by atoms with van der Waals surface area (Å²) in [6.45, 7) is 0.0941. The SMILES string of the molecule is OC(CNc1cccc(F)c1F)c1cccc(Br)c1. The van der Waals surface area contributed by atoms with Crippen molar-refractivity contribution in [2.45, 2.75) is 6.10 Å². The predicted octanol–water partition coefficient (Wildman–Crippen LogP) is 3.87. The van der Waals surface area contributed by atoms with Crippen LogP contribution in [0.25, 0.3) is 0 Å². The average Bonchev–Trinajstić information content (AvgIpc) is 2.40. The first-order valence-electron chi connectivity index (χ1n) is 5.69. The van der Waals surface area contributed by atoms with E-state index in [9.17, 15) is 13.9 Å². The third-order valence-corrected chi connectivity index (χ3v) is 3.16. The van der Waals surface area contributed by atoms with Crippen molar-refractivity contribution in [2.24, 2.45) is 0 Å². The van der Waals surface area contributed by atoms with Crippen LogP contribution in [0, 0.1) is 11.6 Å². The van der Waals surface area contributed by atoms with Crippen LogP contribution in [-0.4, -0.2) is 11.7 Å². The largest absolute Gasteiger partial charge is 0.387 e. The van der Waals surface area contributed by atoms with Crippen LogP contribution in [0.2, 0.25) is 0 Å². The van der Waals surface area contributed by atoms with Gasteiger partial charge in [0.25, 0.3) is 0 Å². The van der Waals surface area contributed by atoms with Crippen molar-refractivity contribution >= 4 is 21.6 Å². The Bertz CT molecular complexity index is 577. The van der Waals surface area contributed by atoms with Crippen LogP contribution in [0.4, 0.5) is 14.5 Å². The van der Waals surface area contributed by atoms with Crippen molar-refractivity contribution in [3.63, 3.8) is 0 Å². The fourth-order valence-electron chi connectivity index (χ4n) is 1.68. The molecule has 2 aromatic rings. The van der Waals surface area contributed by atoms with E-state index in [0.29, 0.717) is 5.56 Å². The molecule has 0 radical (unpaired) electrons. The molecule has 1 unspecified atom stereocenters. The minimum Gasteiger partial charge on any atom is -0.387 e. The number of hydrogen-bond donors (Lipinski definition) is 2. The van der Waals surface area contributed by atoms with Gasteiger partial charge in [-0.15, -0.1) is 0 Å². The van der Waals surface area contributed by atoms with Crippen LogP contribution < -0.4 is 5.32 Å². The summed E-state index contributed by atoms with van der Waals surface area (Å²) in [5.41, 5.74) is 0.729. The van der Waals surface area contributed by atoms with Crippen LogP contribution in [0.15, 0.2) is 46.9 Å². The van der Waals surface area contributed by atoms with Gasteiger partial charge in [0.1, 0.15) is 0 Å². The van der Waals surface area contributed by atoms with Crippen LogP contribution in [0.5, 0.6) is 0 Å². The molecule has 0 aliphatic heterocycles. The first kappa shape index (κ1) is 14.0. The van der Waals surface area contributed by atoms with Crippen molar-refractivity contribution < 1.29 is 13.9 Å². The fraction of sp³-hybridized carbons (Fsp3) is 0.143. The second kappa shape index (κ2) is 6.12. The van der Waals surface area contributed by atoms with E-state index in [1.165, 1.54) is 12.1 Å². The van der Waals surface area contributed by atoms with E-state index in [1.807, 2.05) is 6.07 Å². The van der Waals surface area contributed by atoms with E-state index in [4.69, 9.17) is 0 Å². The van der Waals surface area contributed by atoms with E-state index in [0.717, 1.165) is 10.5 Å². The molecule has 2 rings (SSSR count). The number of halogens is 3. The van der Waals surface area contributed by atoms with Gasteiger partial charge in [0.05, 0.1) is 11.8 Å². The highest BCUT2D eigenvalue weighted by molar-refractivity contribution is 9.10. The molecule has 0 heterocycles. The molecule has 2 aromatic carbocycles. The average molecular weight is 328 g/mol. The Morgan fingerprint density at radius 3 is 2.63 bits per heavy atom. The number of benzene rings is 2. The maximum Gasteiger partial charge on any atom is 0.181 e. The second-order valence-corrected chi connectivity index (χ2v) is 4.97. The molecule has 0 bridgehead atoms. The third-order valence-electron chi connectivity index (χ3n) is 2.67. The molecule has 5 heteroatoms. The minimum atomic E-state index is -0.941. The van der Waals surface area contributed by atoms with Crippen LogP contribution in [-0.2, 0) is 0 Å². The van der Waals surface area contributed by atoms with Crippen LogP contribution >= 0.6 is 15.9 Å². The Kier molecular flexibility index (Phi) is 4.50. The van der Waals surface area contributed by atoms with Gasteiger partial charge in [-0.3, -0.25) is 0 Å². The molecule has 0 aliphatic rings. The Morgan fingerprint density at radius 2 is 1.89 bits per heavy atom. The van der Waals surface area contributed by atoms with Crippen molar-refractivity contribution in [1.29, 1.82) is 0 Å². The zero-order chi connectivity index (χ0) is 13.8. The highest BCUT2D eigenvalue weighted by Crippen LogP contribution is 2.21. The normalized spacial score (nSPS) is 12.2. The van der Waals surface area contributed by atoms with Gasteiger partial charge in [0, 0.05) is 11.0 Å². The molecule has 2 nitrogen and oxygen atoms in total. The van der Waals surface area contributed by atoms with Crippen molar-refractivity contribution in [3.8, 4) is 0 Å². The van der Waals surface area contributed by atoms with Crippen molar-refractivity contribution in [3.05, 3.63) is 64.1 Å². The molecule has 0 saturated heterocycles. The highest BCUT2D eigenvalue weighted by Gasteiger charge is 2.11. The summed E-state index contributed by atoms with van der Waals surface area (Å²) < 4.78 is 27.2. The van der Waals surface area contributed by atoms with Crippen LogP contribution in [0.1, 0.15) is 11.7 Å². The number of aliphatic hydroxyl groups excluding tert-OH is 1. The Labute approximate surface area is 118 Å². The summed E-state index contributed by atoms with van der Waals surface area (Å²) in [5, 5.41) is 12.7. The zero-order valence-electron chi connectivity index (χ0n) is 9.91. The summed E-state index contributed by atoms with van der Waals surface area (Å²) in [6, 6.07) is 11.1. The van der Waals surface area contributed by atoms with Gasteiger partial charge in [-0.2, -0.15) is 0 Å². The number of anilines is 1. The molecule has 0 spiro atoms. The smallest absolute Gasteiger partial charge is 0.181 e.